The van der Waals surface area contributed by atoms with Gasteiger partial charge in [0.2, 0.25) is 0 Å². The molecule has 0 radical (unpaired) electrons. The molecule has 20 heavy (non-hydrogen) atoms. The number of aromatic amines is 1. The lowest BCUT2D eigenvalue weighted by atomic mass is 9.88. The molecule has 0 bridgehead atoms. The number of fused-ring (bicyclic) bond motifs is 1. The van der Waals surface area contributed by atoms with Gasteiger partial charge in [-0.15, -0.1) is 0 Å². The monoisotopic (exact) mass is 274 g/mol. The number of carboxylic acid groups (broad SMARTS) is 1. The smallest absolute Gasteiger partial charge is 0.310 e. The molecule has 4 N–H and O–H groups in total. The lowest BCUT2D eigenvalue weighted by Crippen LogP contribution is -2.45. The second kappa shape index (κ2) is 4.92. The molecule has 1 saturated heterocycles. The van der Waals surface area contributed by atoms with Gasteiger partial charge in [0.15, 0.2) is 0 Å². The topological polar surface area (TPSA) is 85.3 Å². The van der Waals surface area contributed by atoms with Crippen LogP contribution in [-0.2, 0) is 4.79 Å². The molecule has 0 amide bonds. The Morgan fingerprint density at radius 1 is 1.40 bits per heavy atom. The van der Waals surface area contributed by atoms with Gasteiger partial charge in [0.1, 0.15) is 0 Å². The highest BCUT2D eigenvalue weighted by molar-refractivity contribution is 5.84. The Morgan fingerprint density at radius 3 is 2.90 bits per heavy atom. The molecule has 2 aromatic rings. The van der Waals surface area contributed by atoms with Crippen LogP contribution in [0.3, 0.4) is 0 Å². The van der Waals surface area contributed by atoms with Crippen LogP contribution < -0.4 is 5.32 Å². The largest absolute Gasteiger partial charge is 0.481 e. The van der Waals surface area contributed by atoms with Gasteiger partial charge >= 0.3 is 5.97 Å². The summed E-state index contributed by atoms with van der Waals surface area (Å²) in [7, 11) is 0. The number of nitrogens with one attached hydrogen (secondary N) is 2. The predicted octanol–water partition coefficient (Wildman–Crippen LogP) is 1.57. The lowest BCUT2D eigenvalue weighted by molar-refractivity contribution is -0.147. The number of rotatable bonds is 2. The van der Waals surface area contributed by atoms with Crippen molar-refractivity contribution in [3.8, 4) is 0 Å². The van der Waals surface area contributed by atoms with Crippen molar-refractivity contribution in [2.45, 2.75) is 25.5 Å². The standard InChI is InChI=1S/C15H18N2O3/c1-8-2-3-9-10(6-16-12(9)4-8)13-5-14(18)11(7-17-13)15(19)20/h2-4,6,11,13-14,16-18H,5,7H2,1H3,(H,19,20). The molecule has 1 aliphatic heterocycles. The molecule has 3 rings (SSSR count). The minimum absolute atomic E-state index is 0.0166. The van der Waals surface area contributed by atoms with E-state index in [9.17, 15) is 9.90 Å². The molecule has 5 heteroatoms. The Morgan fingerprint density at radius 2 is 2.20 bits per heavy atom. The number of benzene rings is 1. The van der Waals surface area contributed by atoms with Gasteiger partial charge in [-0.3, -0.25) is 4.79 Å². The number of H-pyrrole nitrogens is 1. The Balaban J connectivity index is 1.88. The van der Waals surface area contributed by atoms with Crippen molar-refractivity contribution in [1.29, 1.82) is 0 Å². The van der Waals surface area contributed by atoms with Gasteiger partial charge in [0, 0.05) is 29.7 Å². The summed E-state index contributed by atoms with van der Waals surface area (Å²) in [6.07, 6.45) is 1.54. The van der Waals surface area contributed by atoms with E-state index < -0.39 is 18.0 Å². The van der Waals surface area contributed by atoms with E-state index in [2.05, 4.69) is 28.5 Å². The van der Waals surface area contributed by atoms with Crippen molar-refractivity contribution in [2.75, 3.05) is 6.54 Å². The molecular formula is C15H18N2O3. The molecule has 0 spiro atoms. The summed E-state index contributed by atoms with van der Waals surface area (Å²) in [6.45, 7) is 2.33. The number of aromatic nitrogens is 1. The van der Waals surface area contributed by atoms with Gasteiger partial charge in [-0.1, -0.05) is 12.1 Å². The molecule has 0 saturated carbocycles. The first-order valence-corrected chi connectivity index (χ1v) is 6.78. The van der Waals surface area contributed by atoms with Crippen LogP contribution in [-0.4, -0.2) is 33.8 Å². The van der Waals surface area contributed by atoms with Gasteiger partial charge in [-0.2, -0.15) is 0 Å². The van der Waals surface area contributed by atoms with Gasteiger partial charge in [-0.05, 0) is 30.5 Å². The third-order valence-electron chi connectivity index (χ3n) is 4.09. The fourth-order valence-electron chi connectivity index (χ4n) is 2.93. The number of carboxylic acids is 1. The highest BCUT2D eigenvalue weighted by atomic mass is 16.4. The minimum atomic E-state index is -0.946. The molecule has 1 fully saturated rings. The molecule has 5 nitrogen and oxygen atoms in total. The lowest BCUT2D eigenvalue weighted by Gasteiger charge is -2.31. The maximum atomic E-state index is 11.0. The van der Waals surface area contributed by atoms with Gasteiger partial charge in [0.05, 0.1) is 12.0 Å². The number of carbonyl (C=O) groups is 1. The van der Waals surface area contributed by atoms with E-state index in [0.29, 0.717) is 13.0 Å². The Labute approximate surface area is 116 Å². The highest BCUT2D eigenvalue weighted by Crippen LogP contribution is 2.31. The number of hydrogen-bond donors (Lipinski definition) is 4. The average Bonchev–Trinajstić information content (AvgIpc) is 2.80. The summed E-state index contributed by atoms with van der Waals surface area (Å²) >= 11 is 0. The first-order valence-electron chi connectivity index (χ1n) is 6.78. The van der Waals surface area contributed by atoms with Crippen molar-refractivity contribution < 1.29 is 15.0 Å². The number of aliphatic hydroxyl groups excluding tert-OH is 1. The summed E-state index contributed by atoms with van der Waals surface area (Å²) in [4.78, 5) is 14.2. The van der Waals surface area contributed by atoms with E-state index in [1.807, 2.05) is 13.1 Å². The molecule has 3 unspecified atom stereocenters. The quantitative estimate of drug-likeness (QED) is 0.669. The van der Waals surface area contributed by atoms with Crippen molar-refractivity contribution >= 4 is 16.9 Å². The molecule has 1 aliphatic rings. The Kier molecular flexibility index (Phi) is 3.23. The van der Waals surface area contributed by atoms with E-state index >= 15 is 0 Å². The zero-order valence-corrected chi connectivity index (χ0v) is 11.3. The van der Waals surface area contributed by atoms with E-state index in [1.165, 1.54) is 5.56 Å². The fraction of sp³-hybridized carbons (Fsp3) is 0.400. The van der Waals surface area contributed by atoms with E-state index in [1.54, 1.807) is 0 Å². The summed E-state index contributed by atoms with van der Waals surface area (Å²) < 4.78 is 0. The van der Waals surface area contributed by atoms with Crippen molar-refractivity contribution in [1.82, 2.24) is 10.3 Å². The average molecular weight is 274 g/mol. The van der Waals surface area contributed by atoms with Crippen LogP contribution in [0, 0.1) is 12.8 Å². The number of piperidine rings is 1. The van der Waals surface area contributed by atoms with Crippen molar-refractivity contribution in [3.63, 3.8) is 0 Å². The third kappa shape index (κ3) is 2.19. The first-order chi connectivity index (χ1) is 9.56. The summed E-state index contributed by atoms with van der Waals surface area (Å²) in [5.74, 6) is -1.67. The maximum absolute atomic E-state index is 11.0. The normalized spacial score (nSPS) is 26.8. The van der Waals surface area contributed by atoms with Crippen LogP contribution >= 0.6 is 0 Å². The minimum Gasteiger partial charge on any atom is -0.481 e. The van der Waals surface area contributed by atoms with Gasteiger partial charge in [0.25, 0.3) is 0 Å². The molecule has 3 atom stereocenters. The second-order valence-electron chi connectivity index (χ2n) is 5.50. The fourth-order valence-corrected chi connectivity index (χ4v) is 2.93. The van der Waals surface area contributed by atoms with Crippen molar-refractivity contribution in [3.05, 3.63) is 35.5 Å². The molecular weight excluding hydrogens is 256 g/mol. The number of aryl methyl sites for hydroxylation is 1. The van der Waals surface area contributed by atoms with Crippen LogP contribution in [0.15, 0.2) is 24.4 Å². The SMILES string of the molecule is Cc1ccc2c(C3CC(O)C(C(=O)O)CN3)c[nH]c2c1. The van der Waals surface area contributed by atoms with Crippen LogP contribution in [0.2, 0.25) is 0 Å². The number of aliphatic hydroxyl groups is 1. The van der Waals surface area contributed by atoms with Crippen LogP contribution in [0.4, 0.5) is 0 Å². The Bertz CT molecular complexity index is 650. The summed E-state index contributed by atoms with van der Waals surface area (Å²) in [5.41, 5.74) is 3.34. The van der Waals surface area contributed by atoms with Gasteiger partial charge in [-0.25, -0.2) is 0 Å². The zero-order chi connectivity index (χ0) is 14.3. The zero-order valence-electron chi connectivity index (χ0n) is 11.3. The maximum Gasteiger partial charge on any atom is 0.310 e. The second-order valence-corrected chi connectivity index (χ2v) is 5.50. The number of aliphatic carboxylic acids is 1. The number of hydrogen-bond acceptors (Lipinski definition) is 3. The summed E-state index contributed by atoms with van der Waals surface area (Å²) in [6, 6.07) is 6.18. The highest BCUT2D eigenvalue weighted by Gasteiger charge is 2.34. The Hall–Kier alpha value is -1.85. The van der Waals surface area contributed by atoms with Crippen LogP contribution in [0.25, 0.3) is 10.9 Å². The molecule has 0 aliphatic carbocycles. The van der Waals surface area contributed by atoms with Crippen molar-refractivity contribution in [2.24, 2.45) is 5.92 Å². The van der Waals surface area contributed by atoms with E-state index in [4.69, 9.17) is 5.11 Å². The molecule has 1 aromatic carbocycles. The molecule has 2 heterocycles. The molecule has 106 valence electrons. The molecule has 1 aromatic heterocycles. The first kappa shape index (κ1) is 13.1. The summed E-state index contributed by atoms with van der Waals surface area (Å²) in [5, 5.41) is 23.4. The van der Waals surface area contributed by atoms with E-state index in [-0.39, 0.29) is 6.04 Å². The van der Waals surface area contributed by atoms with E-state index in [0.717, 1.165) is 16.5 Å². The van der Waals surface area contributed by atoms with Gasteiger partial charge < -0.3 is 20.5 Å². The predicted molar refractivity (Wildman–Crippen MR) is 75.5 cm³/mol. The van der Waals surface area contributed by atoms with Crippen LogP contribution in [0.1, 0.15) is 23.6 Å². The van der Waals surface area contributed by atoms with Crippen LogP contribution in [0.5, 0.6) is 0 Å². The third-order valence-corrected chi connectivity index (χ3v) is 4.09.